The summed E-state index contributed by atoms with van der Waals surface area (Å²) in [5.74, 6) is 1.40. The van der Waals surface area contributed by atoms with E-state index in [9.17, 15) is 4.79 Å². The van der Waals surface area contributed by atoms with Gasteiger partial charge in [0, 0.05) is 16.9 Å². The molecule has 0 bridgehead atoms. The zero-order valence-electron chi connectivity index (χ0n) is 19.4. The minimum atomic E-state index is -0.247. The van der Waals surface area contributed by atoms with Gasteiger partial charge in [0.2, 0.25) is 5.91 Å². The molecule has 0 saturated carbocycles. The third kappa shape index (κ3) is 5.53. The smallest absolute Gasteiger partial charge is 0.231 e. The SMILES string of the molecule is CCOc1ccccc1-c1nc(CC(=O)Nc2cc(C(C)(C)C)nn2C(C)(C)C)cs1. The summed E-state index contributed by atoms with van der Waals surface area (Å²) < 4.78 is 7.60. The molecule has 0 aliphatic heterocycles. The van der Waals surface area contributed by atoms with Crippen LogP contribution in [0.2, 0.25) is 0 Å². The van der Waals surface area contributed by atoms with Crippen molar-refractivity contribution in [1.29, 1.82) is 0 Å². The predicted molar refractivity (Wildman–Crippen MR) is 127 cm³/mol. The van der Waals surface area contributed by atoms with Gasteiger partial charge in [-0.15, -0.1) is 11.3 Å². The molecule has 0 aliphatic carbocycles. The van der Waals surface area contributed by atoms with E-state index in [-0.39, 0.29) is 23.3 Å². The average molecular weight is 441 g/mol. The van der Waals surface area contributed by atoms with Gasteiger partial charge in [-0.3, -0.25) is 4.79 Å². The van der Waals surface area contributed by atoms with Gasteiger partial charge in [-0.05, 0) is 39.8 Å². The van der Waals surface area contributed by atoms with Gasteiger partial charge in [-0.2, -0.15) is 5.10 Å². The van der Waals surface area contributed by atoms with Crippen LogP contribution in [-0.2, 0) is 22.2 Å². The van der Waals surface area contributed by atoms with Crippen LogP contribution in [0.5, 0.6) is 5.75 Å². The summed E-state index contributed by atoms with van der Waals surface area (Å²) in [5, 5.41) is 10.6. The Bertz CT molecular complexity index is 1050. The Labute approximate surface area is 188 Å². The van der Waals surface area contributed by atoms with Crippen LogP contribution in [0.4, 0.5) is 5.82 Å². The number of hydrogen-bond donors (Lipinski definition) is 1. The molecule has 1 amide bonds. The van der Waals surface area contributed by atoms with Crippen LogP contribution in [0.25, 0.3) is 10.6 Å². The molecular formula is C24H32N4O2S. The average Bonchev–Trinajstić information content (AvgIpc) is 3.29. The van der Waals surface area contributed by atoms with Crippen LogP contribution in [-0.4, -0.2) is 27.3 Å². The van der Waals surface area contributed by atoms with Gasteiger partial charge in [0.25, 0.3) is 0 Å². The lowest BCUT2D eigenvalue weighted by Crippen LogP contribution is -2.27. The van der Waals surface area contributed by atoms with Crippen LogP contribution in [0, 0.1) is 0 Å². The maximum Gasteiger partial charge on any atom is 0.231 e. The van der Waals surface area contributed by atoms with E-state index in [2.05, 4.69) is 51.8 Å². The summed E-state index contributed by atoms with van der Waals surface area (Å²) in [5.41, 5.74) is 2.28. The first-order valence-electron chi connectivity index (χ1n) is 10.6. The first-order chi connectivity index (χ1) is 14.5. The van der Waals surface area contributed by atoms with E-state index < -0.39 is 0 Å². The van der Waals surface area contributed by atoms with Gasteiger partial charge < -0.3 is 10.1 Å². The largest absolute Gasteiger partial charge is 0.493 e. The maximum atomic E-state index is 12.8. The quantitative estimate of drug-likeness (QED) is 0.539. The lowest BCUT2D eigenvalue weighted by atomic mass is 9.92. The molecule has 2 aromatic heterocycles. The number of nitrogens with one attached hydrogen (secondary N) is 1. The number of anilines is 1. The summed E-state index contributed by atoms with van der Waals surface area (Å²) in [6.07, 6.45) is 0.202. The van der Waals surface area contributed by atoms with Crippen LogP contribution < -0.4 is 10.1 Å². The minimum Gasteiger partial charge on any atom is -0.493 e. The first kappa shape index (κ1) is 23.0. The number of nitrogens with zero attached hydrogens (tertiary/aromatic N) is 3. The molecule has 0 spiro atoms. The summed E-state index contributed by atoms with van der Waals surface area (Å²) >= 11 is 1.52. The van der Waals surface area contributed by atoms with Crippen LogP contribution in [0.1, 0.15) is 59.9 Å². The number of amides is 1. The molecular weight excluding hydrogens is 408 g/mol. The van der Waals surface area contributed by atoms with Gasteiger partial charge in [-0.25, -0.2) is 9.67 Å². The molecule has 0 atom stereocenters. The first-order valence-corrected chi connectivity index (χ1v) is 11.4. The van der Waals surface area contributed by atoms with Gasteiger partial charge in [0.15, 0.2) is 0 Å². The zero-order valence-corrected chi connectivity index (χ0v) is 20.3. The molecule has 1 N–H and O–H groups in total. The Balaban J connectivity index is 1.78. The lowest BCUT2D eigenvalue weighted by molar-refractivity contribution is -0.115. The van der Waals surface area contributed by atoms with E-state index in [0.717, 1.165) is 27.7 Å². The molecule has 0 aliphatic rings. The Hall–Kier alpha value is -2.67. The van der Waals surface area contributed by atoms with E-state index >= 15 is 0 Å². The number of ether oxygens (including phenoxy) is 1. The number of rotatable bonds is 6. The Morgan fingerprint density at radius 2 is 1.87 bits per heavy atom. The van der Waals surface area contributed by atoms with Gasteiger partial charge in [0.05, 0.1) is 35.5 Å². The summed E-state index contributed by atoms with van der Waals surface area (Å²) in [6.45, 7) is 15.1. The van der Waals surface area contributed by atoms with E-state index in [1.165, 1.54) is 11.3 Å². The summed E-state index contributed by atoms with van der Waals surface area (Å²) in [7, 11) is 0. The topological polar surface area (TPSA) is 69.0 Å². The highest BCUT2D eigenvalue weighted by atomic mass is 32.1. The number of carbonyl (C=O) groups is 1. The molecule has 0 fully saturated rings. The lowest BCUT2D eigenvalue weighted by Gasteiger charge is -2.23. The fourth-order valence-electron chi connectivity index (χ4n) is 3.14. The third-order valence-corrected chi connectivity index (χ3v) is 5.62. The molecule has 7 heteroatoms. The number of hydrogen-bond acceptors (Lipinski definition) is 5. The second-order valence-electron chi connectivity index (χ2n) is 9.55. The maximum absolute atomic E-state index is 12.8. The fourth-order valence-corrected chi connectivity index (χ4v) is 3.99. The summed E-state index contributed by atoms with van der Waals surface area (Å²) in [6, 6.07) is 9.80. The normalized spacial score (nSPS) is 12.1. The second-order valence-corrected chi connectivity index (χ2v) is 10.4. The molecule has 1 aromatic carbocycles. The molecule has 31 heavy (non-hydrogen) atoms. The number of para-hydroxylation sites is 1. The fraction of sp³-hybridized carbons (Fsp3) is 0.458. The molecule has 0 saturated heterocycles. The van der Waals surface area contributed by atoms with Crippen molar-refractivity contribution >= 4 is 23.1 Å². The van der Waals surface area contributed by atoms with Crippen LogP contribution in [0.15, 0.2) is 35.7 Å². The Kier molecular flexibility index (Phi) is 6.55. The zero-order chi connectivity index (χ0) is 22.8. The van der Waals surface area contributed by atoms with Crippen LogP contribution >= 0.6 is 11.3 Å². The number of thiazole rings is 1. The minimum absolute atomic E-state index is 0.103. The second kappa shape index (κ2) is 8.83. The number of carbonyl (C=O) groups excluding carboxylic acids is 1. The van der Waals surface area contributed by atoms with Crippen molar-refractivity contribution in [2.45, 2.75) is 65.8 Å². The van der Waals surface area contributed by atoms with Crippen molar-refractivity contribution in [2.75, 3.05) is 11.9 Å². The number of benzene rings is 1. The van der Waals surface area contributed by atoms with Crippen molar-refractivity contribution in [3.63, 3.8) is 0 Å². The van der Waals surface area contributed by atoms with Crippen molar-refractivity contribution in [3.8, 4) is 16.3 Å². The highest BCUT2D eigenvalue weighted by Crippen LogP contribution is 2.32. The van der Waals surface area contributed by atoms with Crippen molar-refractivity contribution in [2.24, 2.45) is 0 Å². The molecule has 0 unspecified atom stereocenters. The molecule has 2 heterocycles. The molecule has 3 aromatic rings. The van der Waals surface area contributed by atoms with Crippen molar-refractivity contribution < 1.29 is 9.53 Å². The number of aromatic nitrogens is 3. The van der Waals surface area contributed by atoms with Crippen molar-refractivity contribution in [3.05, 3.63) is 47.1 Å². The highest BCUT2D eigenvalue weighted by Gasteiger charge is 2.26. The van der Waals surface area contributed by atoms with E-state index in [0.29, 0.717) is 12.4 Å². The monoisotopic (exact) mass is 440 g/mol. The third-order valence-electron chi connectivity index (χ3n) is 4.69. The predicted octanol–water partition coefficient (Wildman–Crippen LogP) is 5.64. The van der Waals surface area contributed by atoms with E-state index in [4.69, 9.17) is 9.84 Å². The van der Waals surface area contributed by atoms with Gasteiger partial charge in [-0.1, -0.05) is 32.9 Å². The van der Waals surface area contributed by atoms with E-state index in [1.54, 1.807) is 0 Å². The molecule has 3 rings (SSSR count). The standard InChI is InChI=1S/C24H32N4O2S/c1-8-30-18-12-10-9-11-17(18)22-25-16(15-31-22)13-21(29)26-20-14-19(23(2,3)4)27-28(20)24(5,6)7/h9-12,14-15H,8,13H2,1-7H3,(H,26,29). The highest BCUT2D eigenvalue weighted by molar-refractivity contribution is 7.13. The van der Waals surface area contributed by atoms with Gasteiger partial charge >= 0.3 is 0 Å². The molecule has 6 nitrogen and oxygen atoms in total. The Morgan fingerprint density at radius 1 is 1.16 bits per heavy atom. The Morgan fingerprint density at radius 3 is 2.52 bits per heavy atom. The van der Waals surface area contributed by atoms with Crippen LogP contribution in [0.3, 0.4) is 0 Å². The molecule has 0 radical (unpaired) electrons. The van der Waals surface area contributed by atoms with Gasteiger partial charge in [0.1, 0.15) is 16.6 Å². The van der Waals surface area contributed by atoms with E-state index in [1.807, 2.05) is 47.3 Å². The van der Waals surface area contributed by atoms with Crippen molar-refractivity contribution in [1.82, 2.24) is 14.8 Å². The molecule has 166 valence electrons. The summed E-state index contributed by atoms with van der Waals surface area (Å²) in [4.78, 5) is 17.5.